The molecule has 0 fully saturated rings. The Morgan fingerprint density at radius 3 is 2.43 bits per heavy atom. The highest BCUT2D eigenvalue weighted by molar-refractivity contribution is 14.1. The lowest BCUT2D eigenvalue weighted by Gasteiger charge is -2.24. The van der Waals surface area contributed by atoms with Crippen LogP contribution in [0.25, 0.3) is 0 Å². The van der Waals surface area contributed by atoms with Gasteiger partial charge < -0.3 is 0 Å². The predicted octanol–water partition coefficient (Wildman–Crippen LogP) is 2.13. The van der Waals surface area contributed by atoms with Gasteiger partial charge in [-0.1, -0.05) is 17.7 Å². The number of nitrogens with zero attached hydrogens (tertiary/aromatic N) is 1. The number of carbonyl (C=O) groups is 1. The van der Waals surface area contributed by atoms with Gasteiger partial charge in [0.15, 0.2) is 0 Å². The average Bonchev–Trinajstić information content (AvgIpc) is 2.52. The van der Waals surface area contributed by atoms with E-state index in [1.807, 2.05) is 11.5 Å². The van der Waals surface area contributed by atoms with E-state index in [1.54, 1.807) is 18.2 Å². The minimum Gasteiger partial charge on any atom is -0.293 e. The first-order chi connectivity index (χ1) is 10.8. The zero-order valence-corrected chi connectivity index (χ0v) is 15.5. The largest absolute Gasteiger partial charge is 0.293 e. The maximum atomic E-state index is 12.9. The van der Waals surface area contributed by atoms with Crippen LogP contribution in [-0.2, 0) is 14.8 Å². The van der Waals surface area contributed by atoms with Gasteiger partial charge in [0, 0.05) is 8.59 Å². The lowest BCUT2D eigenvalue weighted by atomic mass is 10.3. The summed E-state index contributed by atoms with van der Waals surface area (Å²) in [5, 5.41) is 0.421. The maximum Gasteiger partial charge on any atom is 0.264 e. The number of benzene rings is 2. The number of amides is 1. The first-order valence-corrected chi connectivity index (χ1v) is 9.27. The second kappa shape index (κ2) is 7.47. The molecule has 3 N–H and O–H groups in total. The average molecular weight is 466 g/mol. The number of halogens is 2. The number of carbonyl (C=O) groups excluding carboxylic acids is 1. The number of nitrogens with two attached hydrogens (primary N) is 1. The molecular formula is C14H13ClIN3O3S. The first kappa shape index (κ1) is 18.0. The van der Waals surface area contributed by atoms with Gasteiger partial charge in [-0.25, -0.2) is 14.3 Å². The van der Waals surface area contributed by atoms with Crippen molar-refractivity contribution in [3.05, 3.63) is 57.1 Å². The van der Waals surface area contributed by atoms with Crippen LogP contribution >= 0.6 is 34.2 Å². The second-order valence-corrected chi connectivity index (χ2v) is 8.06. The Morgan fingerprint density at radius 2 is 1.87 bits per heavy atom. The fourth-order valence-electron chi connectivity index (χ4n) is 1.86. The van der Waals surface area contributed by atoms with Crippen molar-refractivity contribution in [1.29, 1.82) is 0 Å². The van der Waals surface area contributed by atoms with Crippen LogP contribution in [0, 0.1) is 3.57 Å². The van der Waals surface area contributed by atoms with Crippen LogP contribution in [0.3, 0.4) is 0 Å². The van der Waals surface area contributed by atoms with E-state index in [2.05, 4.69) is 22.6 Å². The molecule has 0 saturated heterocycles. The Labute approximate surface area is 152 Å². The van der Waals surface area contributed by atoms with Gasteiger partial charge in [0.05, 0.1) is 10.6 Å². The molecule has 2 aromatic rings. The van der Waals surface area contributed by atoms with Gasteiger partial charge in [-0.2, -0.15) is 0 Å². The molecule has 122 valence electrons. The van der Waals surface area contributed by atoms with Gasteiger partial charge in [0.1, 0.15) is 6.54 Å². The first-order valence-electron chi connectivity index (χ1n) is 6.38. The maximum absolute atomic E-state index is 12.9. The standard InChI is InChI=1S/C14H13ClIN3O3S/c15-10-4-6-13(7-5-10)23(21,22)19(9-14(20)18-17)12-3-1-2-11(16)8-12/h1-8H,9,17H2,(H,18,20). The summed E-state index contributed by atoms with van der Waals surface area (Å²) in [6, 6.07) is 12.5. The highest BCUT2D eigenvalue weighted by atomic mass is 127. The summed E-state index contributed by atoms with van der Waals surface area (Å²) >= 11 is 7.86. The number of hydrazine groups is 1. The molecule has 0 bridgehead atoms. The Balaban J connectivity index is 2.51. The number of hydrogen-bond donors (Lipinski definition) is 2. The Bertz CT molecular complexity index is 812. The van der Waals surface area contributed by atoms with E-state index in [0.717, 1.165) is 7.88 Å². The van der Waals surface area contributed by atoms with Gasteiger partial charge >= 0.3 is 0 Å². The topological polar surface area (TPSA) is 92.5 Å². The monoisotopic (exact) mass is 465 g/mol. The molecule has 0 unspecified atom stereocenters. The zero-order valence-electron chi connectivity index (χ0n) is 11.7. The lowest BCUT2D eigenvalue weighted by molar-refractivity contribution is -0.119. The van der Waals surface area contributed by atoms with Crippen molar-refractivity contribution < 1.29 is 13.2 Å². The molecule has 6 nitrogen and oxygen atoms in total. The third-order valence-corrected chi connectivity index (χ3v) is 5.66. The van der Waals surface area contributed by atoms with E-state index in [0.29, 0.717) is 10.7 Å². The van der Waals surface area contributed by atoms with E-state index in [4.69, 9.17) is 17.4 Å². The predicted molar refractivity (Wildman–Crippen MR) is 97.5 cm³/mol. The molecule has 0 atom stereocenters. The quantitative estimate of drug-likeness (QED) is 0.306. The summed E-state index contributed by atoms with van der Waals surface area (Å²) in [6.07, 6.45) is 0. The number of hydrogen-bond acceptors (Lipinski definition) is 4. The number of sulfonamides is 1. The molecule has 0 spiro atoms. The smallest absolute Gasteiger partial charge is 0.264 e. The molecule has 2 aromatic carbocycles. The van der Waals surface area contributed by atoms with Crippen molar-refractivity contribution in [2.24, 2.45) is 5.84 Å². The number of nitrogens with one attached hydrogen (secondary N) is 1. The molecule has 0 aliphatic rings. The fourth-order valence-corrected chi connectivity index (χ4v) is 3.92. The summed E-state index contributed by atoms with van der Waals surface area (Å²) in [5.41, 5.74) is 2.32. The Hall–Kier alpha value is -1.36. The number of anilines is 1. The van der Waals surface area contributed by atoms with Crippen LogP contribution < -0.4 is 15.6 Å². The minimum atomic E-state index is -3.94. The summed E-state index contributed by atoms with van der Waals surface area (Å²) in [6.45, 7) is -0.429. The van der Waals surface area contributed by atoms with Gasteiger partial charge in [0.25, 0.3) is 15.9 Å². The molecule has 0 aliphatic heterocycles. The SMILES string of the molecule is NNC(=O)CN(c1cccc(I)c1)S(=O)(=O)c1ccc(Cl)cc1. The van der Waals surface area contributed by atoms with Crippen molar-refractivity contribution in [3.63, 3.8) is 0 Å². The summed E-state index contributed by atoms with van der Waals surface area (Å²) in [5.74, 6) is 4.47. The summed E-state index contributed by atoms with van der Waals surface area (Å²) in [4.78, 5) is 11.7. The van der Waals surface area contributed by atoms with Gasteiger partial charge in [-0.05, 0) is 65.1 Å². The van der Waals surface area contributed by atoms with Gasteiger partial charge in [-0.15, -0.1) is 0 Å². The highest BCUT2D eigenvalue weighted by Gasteiger charge is 2.27. The Morgan fingerprint density at radius 1 is 1.22 bits per heavy atom. The molecule has 2 rings (SSSR count). The van der Waals surface area contributed by atoms with Crippen molar-refractivity contribution in [2.75, 3.05) is 10.8 Å². The molecular weight excluding hydrogens is 453 g/mol. The van der Waals surface area contributed by atoms with E-state index in [-0.39, 0.29) is 4.90 Å². The number of rotatable bonds is 5. The van der Waals surface area contributed by atoms with Crippen molar-refractivity contribution in [1.82, 2.24) is 5.43 Å². The molecule has 0 aromatic heterocycles. The van der Waals surface area contributed by atoms with E-state index in [9.17, 15) is 13.2 Å². The van der Waals surface area contributed by atoms with Crippen LogP contribution in [0.2, 0.25) is 5.02 Å². The summed E-state index contributed by atoms with van der Waals surface area (Å²) < 4.78 is 27.6. The van der Waals surface area contributed by atoms with E-state index >= 15 is 0 Å². The molecule has 0 aliphatic carbocycles. The van der Waals surface area contributed by atoms with Crippen LogP contribution in [0.15, 0.2) is 53.4 Å². The zero-order chi connectivity index (χ0) is 17.0. The molecule has 0 saturated carbocycles. The van der Waals surface area contributed by atoms with Crippen molar-refractivity contribution >= 4 is 55.8 Å². The second-order valence-electron chi connectivity index (χ2n) is 4.51. The fraction of sp³-hybridized carbons (Fsp3) is 0.0714. The third-order valence-electron chi connectivity index (χ3n) is 2.95. The van der Waals surface area contributed by atoms with Gasteiger partial charge in [0.2, 0.25) is 0 Å². The summed E-state index contributed by atoms with van der Waals surface area (Å²) in [7, 11) is -3.94. The molecule has 1 amide bonds. The van der Waals surface area contributed by atoms with Crippen LogP contribution in [0.4, 0.5) is 5.69 Å². The van der Waals surface area contributed by atoms with E-state index < -0.39 is 22.5 Å². The molecule has 0 radical (unpaired) electrons. The minimum absolute atomic E-state index is 0.0329. The lowest BCUT2D eigenvalue weighted by Crippen LogP contribution is -2.43. The molecule has 23 heavy (non-hydrogen) atoms. The third kappa shape index (κ3) is 4.34. The normalized spacial score (nSPS) is 11.1. The van der Waals surface area contributed by atoms with Crippen molar-refractivity contribution in [2.45, 2.75) is 4.90 Å². The van der Waals surface area contributed by atoms with Crippen LogP contribution in [0.1, 0.15) is 0 Å². The van der Waals surface area contributed by atoms with Gasteiger partial charge in [-0.3, -0.25) is 14.5 Å². The van der Waals surface area contributed by atoms with E-state index in [1.165, 1.54) is 24.3 Å². The highest BCUT2D eigenvalue weighted by Crippen LogP contribution is 2.25. The van der Waals surface area contributed by atoms with Crippen molar-refractivity contribution in [3.8, 4) is 0 Å². The Kier molecular flexibility index (Phi) is 5.84. The van der Waals surface area contributed by atoms with Crippen LogP contribution in [0.5, 0.6) is 0 Å². The molecule has 0 heterocycles. The van der Waals surface area contributed by atoms with Crippen LogP contribution in [-0.4, -0.2) is 20.9 Å². The molecule has 9 heteroatoms.